The van der Waals surface area contributed by atoms with Gasteiger partial charge in [0.15, 0.2) is 0 Å². The molecule has 1 fully saturated rings. The summed E-state index contributed by atoms with van der Waals surface area (Å²) in [7, 11) is 1.26. The van der Waals surface area contributed by atoms with Crippen molar-refractivity contribution in [2.24, 2.45) is 0 Å². The van der Waals surface area contributed by atoms with Gasteiger partial charge in [-0.25, -0.2) is 9.78 Å². The molecule has 0 unspecified atom stereocenters. The fourth-order valence-corrected chi connectivity index (χ4v) is 1.04. The Balaban J connectivity index is 2.48. The van der Waals surface area contributed by atoms with Gasteiger partial charge in [-0.2, -0.15) is 0 Å². The largest absolute Gasteiger partial charge is 0.394 e. The summed E-state index contributed by atoms with van der Waals surface area (Å²) >= 11 is 0. The maximum atomic E-state index is 9.20. The average Bonchev–Trinajstić information content (AvgIpc) is 2.33. The van der Waals surface area contributed by atoms with E-state index in [0.717, 1.165) is 0 Å². The minimum atomic E-state index is -1.19. The van der Waals surface area contributed by atoms with Crippen LogP contribution in [0.5, 0.6) is 0 Å². The summed E-state index contributed by atoms with van der Waals surface area (Å²) in [5.41, 5.74) is 0. The normalized spacial score (nSPS) is 42.0. The zero-order chi connectivity index (χ0) is 9.14. The molecule has 1 saturated heterocycles. The van der Waals surface area contributed by atoms with Crippen LogP contribution in [0.3, 0.4) is 0 Å². The van der Waals surface area contributed by atoms with Crippen LogP contribution in [0.1, 0.15) is 0 Å². The zero-order valence-electron chi connectivity index (χ0n) is 6.58. The second-order valence-corrected chi connectivity index (χ2v) is 2.47. The first-order chi connectivity index (χ1) is 5.70. The number of hydrogen-bond acceptors (Lipinski definition) is 6. The van der Waals surface area contributed by atoms with Gasteiger partial charge in [0.05, 0.1) is 13.7 Å². The minimum Gasteiger partial charge on any atom is -0.394 e. The van der Waals surface area contributed by atoms with Crippen molar-refractivity contribution in [3.63, 3.8) is 0 Å². The van der Waals surface area contributed by atoms with Crippen molar-refractivity contribution in [1.29, 1.82) is 0 Å². The van der Waals surface area contributed by atoms with Gasteiger partial charge in [-0.05, 0) is 0 Å². The molecular formula is C6H12O6. The summed E-state index contributed by atoms with van der Waals surface area (Å²) in [5, 5.41) is 27.0. The fourth-order valence-electron chi connectivity index (χ4n) is 1.04. The molecule has 1 aliphatic heterocycles. The zero-order valence-corrected chi connectivity index (χ0v) is 6.58. The first-order valence-electron chi connectivity index (χ1n) is 3.52. The molecule has 1 heterocycles. The lowest BCUT2D eigenvalue weighted by molar-refractivity contribution is -0.371. The third-order valence-corrected chi connectivity index (χ3v) is 1.69. The van der Waals surface area contributed by atoms with Crippen LogP contribution in [0.4, 0.5) is 0 Å². The molecule has 0 aliphatic carbocycles. The molecule has 0 bridgehead atoms. The molecule has 0 aromatic carbocycles. The van der Waals surface area contributed by atoms with Crippen molar-refractivity contribution < 1.29 is 29.8 Å². The van der Waals surface area contributed by atoms with Gasteiger partial charge in [-0.1, -0.05) is 0 Å². The van der Waals surface area contributed by atoms with Gasteiger partial charge in [0.1, 0.15) is 18.3 Å². The molecule has 6 nitrogen and oxygen atoms in total. The van der Waals surface area contributed by atoms with E-state index in [1.54, 1.807) is 0 Å². The second-order valence-electron chi connectivity index (χ2n) is 2.47. The highest BCUT2D eigenvalue weighted by Gasteiger charge is 2.43. The van der Waals surface area contributed by atoms with Crippen LogP contribution >= 0.6 is 0 Å². The summed E-state index contributed by atoms with van der Waals surface area (Å²) in [4.78, 5) is 8.73. The number of aliphatic hydroxyl groups is 3. The molecule has 0 spiro atoms. The third kappa shape index (κ3) is 1.74. The van der Waals surface area contributed by atoms with Crippen LogP contribution < -0.4 is 0 Å². The molecule has 0 radical (unpaired) electrons. The maximum absolute atomic E-state index is 9.20. The maximum Gasteiger partial charge on any atom is 0.220 e. The van der Waals surface area contributed by atoms with E-state index in [-0.39, 0.29) is 6.61 Å². The Morgan fingerprint density at radius 3 is 2.42 bits per heavy atom. The van der Waals surface area contributed by atoms with Gasteiger partial charge in [0, 0.05) is 0 Å². The fraction of sp³-hybridized carbons (Fsp3) is 1.00. The predicted octanol–water partition coefficient (Wildman–Crippen LogP) is -2.00. The highest BCUT2D eigenvalue weighted by molar-refractivity contribution is 4.85. The Bertz CT molecular complexity index is 140. The van der Waals surface area contributed by atoms with Crippen molar-refractivity contribution in [1.82, 2.24) is 0 Å². The Kier molecular flexibility index (Phi) is 3.39. The monoisotopic (exact) mass is 180 g/mol. The quantitative estimate of drug-likeness (QED) is 0.344. The third-order valence-electron chi connectivity index (χ3n) is 1.69. The van der Waals surface area contributed by atoms with Gasteiger partial charge in [-0.3, -0.25) is 0 Å². The van der Waals surface area contributed by atoms with Gasteiger partial charge >= 0.3 is 0 Å². The van der Waals surface area contributed by atoms with E-state index in [4.69, 9.17) is 9.84 Å². The number of rotatable bonds is 3. The molecule has 0 saturated carbocycles. The van der Waals surface area contributed by atoms with Crippen molar-refractivity contribution in [2.75, 3.05) is 13.7 Å². The van der Waals surface area contributed by atoms with Gasteiger partial charge < -0.3 is 20.1 Å². The SMILES string of the molecule is COO[C@@H]1O[C@H](CO)[C@@H](O)[C@H]1O. The highest BCUT2D eigenvalue weighted by atomic mass is 17.2. The van der Waals surface area contributed by atoms with E-state index in [1.807, 2.05) is 0 Å². The summed E-state index contributed by atoms with van der Waals surface area (Å²) in [6.45, 7) is -0.373. The number of ether oxygens (including phenoxy) is 1. The van der Waals surface area contributed by atoms with E-state index in [0.29, 0.717) is 0 Å². The summed E-state index contributed by atoms with van der Waals surface area (Å²) in [6.07, 6.45) is -4.19. The average molecular weight is 180 g/mol. The predicted molar refractivity (Wildman–Crippen MR) is 35.9 cm³/mol. The van der Waals surface area contributed by atoms with E-state index >= 15 is 0 Å². The molecule has 4 atom stereocenters. The molecule has 3 N–H and O–H groups in total. The molecule has 1 rings (SSSR count). The first kappa shape index (κ1) is 9.85. The smallest absolute Gasteiger partial charge is 0.220 e. The van der Waals surface area contributed by atoms with E-state index in [9.17, 15) is 10.2 Å². The molecule has 0 aromatic heterocycles. The standard InChI is InChI=1S/C6H12O6/c1-10-12-6-5(9)4(8)3(2-7)11-6/h3-9H,2H2,1H3/t3-,4-,5-,6+/m1/s1. The molecule has 0 aromatic rings. The van der Waals surface area contributed by atoms with Crippen molar-refractivity contribution in [2.45, 2.75) is 24.6 Å². The summed E-state index contributed by atoms with van der Waals surface area (Å²) in [6, 6.07) is 0. The van der Waals surface area contributed by atoms with Gasteiger partial charge in [-0.15, -0.1) is 0 Å². The number of aliphatic hydroxyl groups excluding tert-OH is 3. The van der Waals surface area contributed by atoms with Crippen molar-refractivity contribution in [3.8, 4) is 0 Å². The Morgan fingerprint density at radius 1 is 1.33 bits per heavy atom. The van der Waals surface area contributed by atoms with Gasteiger partial charge in [0.25, 0.3) is 0 Å². The van der Waals surface area contributed by atoms with Crippen LogP contribution in [0, 0.1) is 0 Å². The second kappa shape index (κ2) is 4.13. The molecule has 72 valence electrons. The molecular weight excluding hydrogens is 168 g/mol. The lowest BCUT2D eigenvalue weighted by Gasteiger charge is -2.11. The first-order valence-corrected chi connectivity index (χ1v) is 3.52. The topological polar surface area (TPSA) is 88.4 Å². The minimum absolute atomic E-state index is 0.373. The summed E-state index contributed by atoms with van der Waals surface area (Å²) in [5.74, 6) is 0. The van der Waals surface area contributed by atoms with Crippen LogP contribution in [-0.4, -0.2) is 53.6 Å². The summed E-state index contributed by atoms with van der Waals surface area (Å²) < 4.78 is 4.88. The lowest BCUT2D eigenvalue weighted by atomic mass is 10.1. The Hall–Kier alpha value is -0.240. The molecule has 12 heavy (non-hydrogen) atoms. The van der Waals surface area contributed by atoms with Crippen LogP contribution in [0.25, 0.3) is 0 Å². The van der Waals surface area contributed by atoms with E-state index in [1.165, 1.54) is 7.11 Å². The highest BCUT2D eigenvalue weighted by Crippen LogP contribution is 2.21. The Morgan fingerprint density at radius 2 is 2.00 bits per heavy atom. The van der Waals surface area contributed by atoms with Crippen LogP contribution in [0.2, 0.25) is 0 Å². The van der Waals surface area contributed by atoms with Crippen LogP contribution in [-0.2, 0) is 14.5 Å². The lowest BCUT2D eigenvalue weighted by Crippen LogP contribution is -2.34. The molecule has 1 aliphatic rings. The van der Waals surface area contributed by atoms with Crippen LogP contribution in [0.15, 0.2) is 0 Å². The van der Waals surface area contributed by atoms with E-state index < -0.39 is 24.6 Å². The Labute approximate surface area is 69.2 Å². The van der Waals surface area contributed by atoms with Crippen molar-refractivity contribution in [3.05, 3.63) is 0 Å². The van der Waals surface area contributed by atoms with Gasteiger partial charge in [0.2, 0.25) is 6.29 Å². The van der Waals surface area contributed by atoms with E-state index in [2.05, 4.69) is 9.78 Å². The molecule has 0 amide bonds. The molecule has 6 heteroatoms. The van der Waals surface area contributed by atoms with Crippen molar-refractivity contribution >= 4 is 0 Å². The number of hydrogen-bond donors (Lipinski definition) is 3.